The minimum atomic E-state index is -0.931. The Hall–Kier alpha value is -1.71. The van der Waals surface area contributed by atoms with E-state index in [9.17, 15) is 4.79 Å². The molecule has 1 heterocycles. The van der Waals surface area contributed by atoms with E-state index in [1.165, 1.54) is 0 Å². The van der Waals surface area contributed by atoms with Gasteiger partial charge in [0.05, 0.1) is 17.3 Å². The molecule has 1 aliphatic rings. The molecule has 4 nitrogen and oxygen atoms in total. The lowest BCUT2D eigenvalue weighted by Gasteiger charge is -2.26. The van der Waals surface area contributed by atoms with Crippen LogP contribution in [-0.2, 0) is 0 Å². The van der Waals surface area contributed by atoms with Crippen molar-refractivity contribution in [3.63, 3.8) is 0 Å². The van der Waals surface area contributed by atoms with Crippen LogP contribution in [0, 0.1) is 0 Å². The average molecular weight is 207 g/mol. The van der Waals surface area contributed by atoms with Crippen LogP contribution in [0.5, 0.6) is 5.75 Å². The molecular formula is C11H13NO3. The Morgan fingerprint density at radius 1 is 1.67 bits per heavy atom. The molecule has 0 bridgehead atoms. The van der Waals surface area contributed by atoms with Gasteiger partial charge in [0.15, 0.2) is 0 Å². The quantitative estimate of drug-likeness (QED) is 0.778. The normalized spacial score (nSPS) is 18.6. The van der Waals surface area contributed by atoms with E-state index in [1.807, 2.05) is 0 Å². The van der Waals surface area contributed by atoms with Gasteiger partial charge in [0, 0.05) is 0 Å². The number of anilines is 1. The summed E-state index contributed by atoms with van der Waals surface area (Å²) in [5.41, 5.74) is 1.13. The summed E-state index contributed by atoms with van der Waals surface area (Å²) >= 11 is 0. The molecule has 0 amide bonds. The van der Waals surface area contributed by atoms with Crippen molar-refractivity contribution in [2.75, 3.05) is 11.9 Å². The molecule has 0 aliphatic carbocycles. The SMILES string of the molecule is CCC1COc2cc(C(=O)O)ccc2N1. The molecule has 0 aromatic heterocycles. The van der Waals surface area contributed by atoms with Crippen LogP contribution < -0.4 is 10.1 Å². The first-order chi connectivity index (χ1) is 7.20. The molecule has 15 heavy (non-hydrogen) atoms. The van der Waals surface area contributed by atoms with Crippen LogP contribution >= 0.6 is 0 Å². The Morgan fingerprint density at radius 3 is 3.13 bits per heavy atom. The number of hydrogen-bond acceptors (Lipinski definition) is 3. The fraction of sp³-hybridized carbons (Fsp3) is 0.364. The Balaban J connectivity index is 2.28. The van der Waals surface area contributed by atoms with E-state index < -0.39 is 5.97 Å². The lowest BCUT2D eigenvalue weighted by Crippen LogP contribution is -2.30. The van der Waals surface area contributed by atoms with Crippen molar-refractivity contribution < 1.29 is 14.6 Å². The summed E-state index contributed by atoms with van der Waals surface area (Å²) in [5, 5.41) is 12.1. The van der Waals surface area contributed by atoms with Gasteiger partial charge >= 0.3 is 5.97 Å². The Bertz CT molecular complexity index is 389. The molecule has 1 aromatic carbocycles. The third-order valence-electron chi connectivity index (χ3n) is 2.52. The number of carboxylic acid groups (broad SMARTS) is 1. The highest BCUT2D eigenvalue weighted by atomic mass is 16.5. The first-order valence-electron chi connectivity index (χ1n) is 4.97. The number of benzene rings is 1. The molecule has 2 N–H and O–H groups in total. The monoisotopic (exact) mass is 207 g/mol. The molecule has 80 valence electrons. The van der Waals surface area contributed by atoms with Crippen LogP contribution in [0.2, 0.25) is 0 Å². The number of aromatic carboxylic acids is 1. The van der Waals surface area contributed by atoms with Gasteiger partial charge in [0.25, 0.3) is 0 Å². The van der Waals surface area contributed by atoms with Crippen molar-refractivity contribution in [1.29, 1.82) is 0 Å². The lowest BCUT2D eigenvalue weighted by molar-refractivity contribution is 0.0696. The van der Waals surface area contributed by atoms with Gasteiger partial charge in [-0.3, -0.25) is 0 Å². The van der Waals surface area contributed by atoms with Crippen molar-refractivity contribution in [2.24, 2.45) is 0 Å². The third-order valence-corrected chi connectivity index (χ3v) is 2.52. The van der Waals surface area contributed by atoms with Gasteiger partial charge in [-0.05, 0) is 24.6 Å². The highest BCUT2D eigenvalue weighted by molar-refractivity contribution is 5.89. The minimum Gasteiger partial charge on any atom is -0.489 e. The lowest BCUT2D eigenvalue weighted by atomic mass is 10.1. The smallest absolute Gasteiger partial charge is 0.335 e. The van der Waals surface area contributed by atoms with E-state index in [0.717, 1.165) is 12.1 Å². The van der Waals surface area contributed by atoms with Crippen molar-refractivity contribution in [1.82, 2.24) is 0 Å². The van der Waals surface area contributed by atoms with Gasteiger partial charge in [-0.25, -0.2) is 4.79 Å². The zero-order valence-corrected chi connectivity index (χ0v) is 8.49. The number of carboxylic acids is 1. The zero-order valence-electron chi connectivity index (χ0n) is 8.49. The maximum absolute atomic E-state index is 10.7. The van der Waals surface area contributed by atoms with E-state index in [2.05, 4.69) is 12.2 Å². The van der Waals surface area contributed by atoms with Gasteiger partial charge in [0.1, 0.15) is 12.4 Å². The summed E-state index contributed by atoms with van der Waals surface area (Å²) < 4.78 is 5.49. The number of carbonyl (C=O) groups is 1. The summed E-state index contributed by atoms with van der Waals surface area (Å²) in [4.78, 5) is 10.7. The first-order valence-corrected chi connectivity index (χ1v) is 4.97. The van der Waals surface area contributed by atoms with Crippen molar-refractivity contribution >= 4 is 11.7 Å². The summed E-state index contributed by atoms with van der Waals surface area (Å²) in [6.45, 7) is 2.67. The summed E-state index contributed by atoms with van der Waals surface area (Å²) in [6.07, 6.45) is 0.986. The molecule has 1 atom stereocenters. The van der Waals surface area contributed by atoms with Gasteiger partial charge in [-0.15, -0.1) is 0 Å². The molecular weight excluding hydrogens is 194 g/mol. The maximum atomic E-state index is 10.7. The van der Waals surface area contributed by atoms with Gasteiger partial charge in [0.2, 0.25) is 0 Å². The van der Waals surface area contributed by atoms with E-state index in [-0.39, 0.29) is 5.56 Å². The maximum Gasteiger partial charge on any atom is 0.335 e. The molecule has 1 aromatic rings. The van der Waals surface area contributed by atoms with Crippen LogP contribution in [0.25, 0.3) is 0 Å². The van der Waals surface area contributed by atoms with Gasteiger partial charge in [-0.1, -0.05) is 6.92 Å². The van der Waals surface area contributed by atoms with E-state index in [0.29, 0.717) is 18.4 Å². The Morgan fingerprint density at radius 2 is 2.47 bits per heavy atom. The molecule has 1 aliphatic heterocycles. The second-order valence-corrected chi connectivity index (χ2v) is 3.58. The standard InChI is InChI=1S/C11H13NO3/c1-2-8-6-15-10-5-7(11(13)14)3-4-9(10)12-8/h3-5,8,12H,2,6H2,1H3,(H,13,14). The van der Waals surface area contributed by atoms with Gasteiger partial charge < -0.3 is 15.2 Å². The van der Waals surface area contributed by atoms with Crippen LogP contribution in [-0.4, -0.2) is 23.7 Å². The highest BCUT2D eigenvalue weighted by Gasteiger charge is 2.18. The fourth-order valence-electron chi connectivity index (χ4n) is 1.57. The number of fused-ring (bicyclic) bond motifs is 1. The second kappa shape index (κ2) is 3.81. The van der Waals surface area contributed by atoms with E-state index in [4.69, 9.17) is 9.84 Å². The molecule has 0 saturated heterocycles. The van der Waals surface area contributed by atoms with Crippen LogP contribution in [0.3, 0.4) is 0 Å². The molecule has 2 rings (SSSR count). The molecule has 0 radical (unpaired) electrons. The summed E-state index contributed by atoms with van der Waals surface area (Å²) in [7, 11) is 0. The van der Waals surface area contributed by atoms with E-state index in [1.54, 1.807) is 18.2 Å². The molecule has 1 unspecified atom stereocenters. The molecule has 0 saturated carbocycles. The van der Waals surface area contributed by atoms with Gasteiger partial charge in [-0.2, -0.15) is 0 Å². The predicted octanol–water partition coefficient (Wildman–Crippen LogP) is 1.97. The zero-order chi connectivity index (χ0) is 10.8. The fourth-order valence-corrected chi connectivity index (χ4v) is 1.57. The number of nitrogens with one attached hydrogen (secondary N) is 1. The van der Waals surface area contributed by atoms with Crippen LogP contribution in [0.15, 0.2) is 18.2 Å². The largest absolute Gasteiger partial charge is 0.489 e. The Kier molecular flexibility index (Phi) is 2.49. The van der Waals surface area contributed by atoms with Crippen LogP contribution in [0.4, 0.5) is 5.69 Å². The average Bonchev–Trinajstić information content (AvgIpc) is 2.27. The molecule has 0 spiro atoms. The molecule has 0 fully saturated rings. The summed E-state index contributed by atoms with van der Waals surface area (Å²) in [5.74, 6) is -0.307. The second-order valence-electron chi connectivity index (χ2n) is 3.58. The molecule has 4 heteroatoms. The topological polar surface area (TPSA) is 58.6 Å². The predicted molar refractivity (Wildman–Crippen MR) is 56.6 cm³/mol. The number of hydrogen-bond donors (Lipinski definition) is 2. The summed E-state index contributed by atoms with van der Waals surface area (Å²) in [6, 6.07) is 5.19. The first kappa shape index (κ1) is 9.83. The third kappa shape index (κ3) is 1.88. The minimum absolute atomic E-state index is 0.255. The van der Waals surface area contributed by atoms with E-state index >= 15 is 0 Å². The number of ether oxygens (including phenoxy) is 1. The number of rotatable bonds is 2. The van der Waals surface area contributed by atoms with Crippen molar-refractivity contribution in [3.05, 3.63) is 23.8 Å². The van der Waals surface area contributed by atoms with Crippen molar-refractivity contribution in [2.45, 2.75) is 19.4 Å². The highest BCUT2D eigenvalue weighted by Crippen LogP contribution is 2.30. The van der Waals surface area contributed by atoms with Crippen LogP contribution in [0.1, 0.15) is 23.7 Å². The van der Waals surface area contributed by atoms with Crippen molar-refractivity contribution in [3.8, 4) is 5.75 Å². The Labute approximate surface area is 87.9 Å².